The van der Waals surface area contributed by atoms with Crippen molar-refractivity contribution in [3.8, 4) is 0 Å². The Morgan fingerprint density at radius 3 is 2.13 bits per heavy atom. The number of carbonyl (C=O) groups is 1. The van der Waals surface area contributed by atoms with Crippen LogP contribution in [0.4, 0.5) is 0 Å². The third kappa shape index (κ3) is 1.78. The van der Waals surface area contributed by atoms with Crippen LogP contribution in [0, 0.1) is 11.8 Å². The van der Waals surface area contributed by atoms with Gasteiger partial charge in [0.1, 0.15) is 5.54 Å². The molecule has 3 nitrogen and oxygen atoms in total. The third-order valence-corrected chi connectivity index (χ3v) is 4.17. The maximum atomic E-state index is 11.5. The second-order valence-electron chi connectivity index (χ2n) is 5.53. The van der Waals surface area contributed by atoms with Crippen molar-refractivity contribution in [3.05, 3.63) is 0 Å². The van der Waals surface area contributed by atoms with Gasteiger partial charge in [0.2, 0.25) is 0 Å². The summed E-state index contributed by atoms with van der Waals surface area (Å²) in [4.78, 5) is 13.7. The normalized spacial score (nSPS) is 38.7. The first-order chi connectivity index (χ1) is 7.04. The Morgan fingerprint density at radius 1 is 1.20 bits per heavy atom. The molecule has 86 valence electrons. The predicted octanol–water partition coefficient (Wildman–Crippen LogP) is 1.97. The Balaban J connectivity index is 2.08. The molecule has 3 heteroatoms. The monoisotopic (exact) mass is 211 g/mol. The molecule has 0 spiro atoms. The summed E-state index contributed by atoms with van der Waals surface area (Å²) < 4.78 is 0. The van der Waals surface area contributed by atoms with Gasteiger partial charge in [-0.25, -0.2) is 0 Å². The molecule has 1 saturated heterocycles. The van der Waals surface area contributed by atoms with Gasteiger partial charge in [0.25, 0.3) is 0 Å². The predicted molar refractivity (Wildman–Crippen MR) is 58.7 cm³/mol. The Kier molecular flexibility index (Phi) is 2.75. The molecule has 2 aliphatic rings. The highest BCUT2D eigenvalue weighted by atomic mass is 16.4. The molecule has 2 rings (SSSR count). The van der Waals surface area contributed by atoms with Crippen molar-refractivity contribution in [3.63, 3.8) is 0 Å². The lowest BCUT2D eigenvalue weighted by molar-refractivity contribution is -0.161. The van der Waals surface area contributed by atoms with E-state index in [2.05, 4.69) is 18.7 Å². The molecule has 1 N–H and O–H groups in total. The molecule has 1 aliphatic heterocycles. The lowest BCUT2D eigenvalue weighted by atomic mass is 9.74. The number of carboxylic acid groups (broad SMARTS) is 1. The molecule has 1 heterocycles. The molecule has 15 heavy (non-hydrogen) atoms. The van der Waals surface area contributed by atoms with E-state index in [0.717, 1.165) is 38.8 Å². The molecule has 0 amide bonds. The second kappa shape index (κ2) is 3.78. The number of carboxylic acids is 1. The number of nitrogens with zero attached hydrogens (tertiary/aromatic N) is 1. The van der Waals surface area contributed by atoms with Gasteiger partial charge in [-0.05, 0) is 37.5 Å². The molecule has 0 bridgehead atoms. The summed E-state index contributed by atoms with van der Waals surface area (Å²) in [6, 6.07) is 0. The average molecular weight is 211 g/mol. The van der Waals surface area contributed by atoms with Crippen LogP contribution in [0.25, 0.3) is 0 Å². The molecule has 0 unspecified atom stereocenters. The summed E-state index contributed by atoms with van der Waals surface area (Å²) in [6.45, 7) is 6.36. The van der Waals surface area contributed by atoms with Gasteiger partial charge in [0.15, 0.2) is 0 Å². The highest BCUT2D eigenvalue weighted by Crippen LogP contribution is 2.40. The third-order valence-electron chi connectivity index (χ3n) is 4.17. The van der Waals surface area contributed by atoms with Crippen LogP contribution in [0.15, 0.2) is 0 Å². The quantitative estimate of drug-likeness (QED) is 0.759. The molecule has 0 aromatic rings. The van der Waals surface area contributed by atoms with E-state index < -0.39 is 11.5 Å². The Morgan fingerprint density at radius 2 is 1.73 bits per heavy atom. The Labute approximate surface area is 91.5 Å². The van der Waals surface area contributed by atoms with Crippen LogP contribution in [0.1, 0.15) is 39.5 Å². The minimum absolute atomic E-state index is 0.515. The summed E-state index contributed by atoms with van der Waals surface area (Å²) in [5.41, 5.74) is -0.515. The minimum Gasteiger partial charge on any atom is -0.480 e. The standard InChI is InChI=1S/C12H21NO2/c1-9-3-5-12(6-4-9,11(14)15)13-7-10(2)8-13/h9-10H,3-8H2,1-2H3,(H,14,15). The molecule has 0 aromatic carbocycles. The second-order valence-corrected chi connectivity index (χ2v) is 5.53. The number of hydrogen-bond donors (Lipinski definition) is 1. The molecular weight excluding hydrogens is 190 g/mol. The van der Waals surface area contributed by atoms with Crippen LogP contribution < -0.4 is 0 Å². The minimum atomic E-state index is -0.596. The molecule has 1 saturated carbocycles. The topological polar surface area (TPSA) is 40.5 Å². The Bertz CT molecular complexity index is 250. The van der Waals surface area contributed by atoms with Crippen LogP contribution in [-0.4, -0.2) is 34.6 Å². The summed E-state index contributed by atoms with van der Waals surface area (Å²) in [5, 5.41) is 9.46. The number of likely N-dealkylation sites (tertiary alicyclic amines) is 1. The first-order valence-electron chi connectivity index (χ1n) is 6.03. The molecular formula is C12H21NO2. The van der Waals surface area contributed by atoms with Crippen LogP contribution in [0.2, 0.25) is 0 Å². The van der Waals surface area contributed by atoms with E-state index in [1.54, 1.807) is 0 Å². The van der Waals surface area contributed by atoms with Crippen molar-refractivity contribution in [1.82, 2.24) is 4.90 Å². The van der Waals surface area contributed by atoms with Crippen LogP contribution in [0.3, 0.4) is 0 Å². The van der Waals surface area contributed by atoms with E-state index in [0.29, 0.717) is 11.8 Å². The fraction of sp³-hybridized carbons (Fsp3) is 0.917. The van der Waals surface area contributed by atoms with Crippen LogP contribution in [-0.2, 0) is 4.79 Å². The van der Waals surface area contributed by atoms with Crippen LogP contribution >= 0.6 is 0 Å². The molecule has 2 fully saturated rings. The maximum Gasteiger partial charge on any atom is 0.324 e. The summed E-state index contributed by atoms with van der Waals surface area (Å²) in [7, 11) is 0. The van der Waals surface area contributed by atoms with Crippen molar-refractivity contribution in [2.24, 2.45) is 11.8 Å². The summed E-state index contributed by atoms with van der Waals surface area (Å²) >= 11 is 0. The molecule has 0 radical (unpaired) electrons. The van der Waals surface area contributed by atoms with Crippen molar-refractivity contribution in [2.75, 3.05) is 13.1 Å². The molecule has 0 aromatic heterocycles. The highest BCUT2D eigenvalue weighted by molar-refractivity contribution is 5.79. The fourth-order valence-corrected chi connectivity index (χ4v) is 2.95. The van der Waals surface area contributed by atoms with Crippen molar-refractivity contribution in [1.29, 1.82) is 0 Å². The molecule has 1 aliphatic carbocycles. The zero-order valence-corrected chi connectivity index (χ0v) is 9.70. The van der Waals surface area contributed by atoms with Crippen molar-refractivity contribution >= 4 is 5.97 Å². The largest absolute Gasteiger partial charge is 0.480 e. The van der Waals surface area contributed by atoms with Crippen molar-refractivity contribution in [2.45, 2.75) is 45.1 Å². The summed E-state index contributed by atoms with van der Waals surface area (Å²) in [6.07, 6.45) is 3.82. The highest BCUT2D eigenvalue weighted by Gasteiger charge is 2.49. The van der Waals surface area contributed by atoms with Gasteiger partial charge in [-0.3, -0.25) is 9.69 Å². The van der Waals surface area contributed by atoms with Gasteiger partial charge in [0, 0.05) is 13.1 Å². The zero-order valence-electron chi connectivity index (χ0n) is 9.70. The SMILES string of the molecule is CC1CCC(C(=O)O)(N2CC(C)C2)CC1. The fourth-order valence-electron chi connectivity index (χ4n) is 2.95. The van der Waals surface area contributed by atoms with Gasteiger partial charge in [-0.15, -0.1) is 0 Å². The smallest absolute Gasteiger partial charge is 0.324 e. The van der Waals surface area contributed by atoms with Gasteiger partial charge in [-0.1, -0.05) is 13.8 Å². The van der Waals surface area contributed by atoms with E-state index >= 15 is 0 Å². The number of hydrogen-bond acceptors (Lipinski definition) is 2. The van der Waals surface area contributed by atoms with E-state index in [-0.39, 0.29) is 0 Å². The van der Waals surface area contributed by atoms with Gasteiger partial charge in [-0.2, -0.15) is 0 Å². The lowest BCUT2D eigenvalue weighted by Gasteiger charge is -2.51. The number of aliphatic carboxylic acids is 1. The first kappa shape index (κ1) is 10.9. The number of rotatable bonds is 2. The summed E-state index contributed by atoms with van der Waals surface area (Å²) in [5.74, 6) is 0.790. The van der Waals surface area contributed by atoms with E-state index in [1.807, 2.05) is 0 Å². The maximum absolute atomic E-state index is 11.5. The van der Waals surface area contributed by atoms with E-state index in [9.17, 15) is 9.90 Å². The van der Waals surface area contributed by atoms with Crippen LogP contribution in [0.5, 0.6) is 0 Å². The van der Waals surface area contributed by atoms with E-state index in [1.165, 1.54) is 0 Å². The van der Waals surface area contributed by atoms with Gasteiger partial charge in [0.05, 0.1) is 0 Å². The van der Waals surface area contributed by atoms with Gasteiger partial charge < -0.3 is 5.11 Å². The van der Waals surface area contributed by atoms with E-state index in [4.69, 9.17) is 0 Å². The van der Waals surface area contributed by atoms with Gasteiger partial charge >= 0.3 is 5.97 Å². The zero-order chi connectivity index (χ0) is 11.1. The molecule has 0 atom stereocenters. The lowest BCUT2D eigenvalue weighted by Crippen LogP contribution is -2.64. The average Bonchev–Trinajstić information content (AvgIpc) is 2.15. The first-order valence-corrected chi connectivity index (χ1v) is 6.03. The Hall–Kier alpha value is -0.570. The van der Waals surface area contributed by atoms with Crippen molar-refractivity contribution < 1.29 is 9.90 Å².